The fourth-order valence-electron chi connectivity index (χ4n) is 3.21. The van der Waals surface area contributed by atoms with Crippen LogP contribution in [-0.2, 0) is 12.8 Å². The molecule has 0 aliphatic carbocycles. The molecule has 140 valence electrons. The zero-order valence-corrected chi connectivity index (χ0v) is 16.6. The highest BCUT2D eigenvalue weighted by atomic mass is 32.2. The predicted octanol–water partition coefficient (Wildman–Crippen LogP) is 5.58. The van der Waals surface area contributed by atoms with Gasteiger partial charge in [-0.3, -0.25) is 4.57 Å². The van der Waals surface area contributed by atoms with Crippen molar-refractivity contribution >= 4 is 11.8 Å². The van der Waals surface area contributed by atoms with Crippen molar-refractivity contribution in [2.24, 2.45) is 0 Å². The van der Waals surface area contributed by atoms with Gasteiger partial charge in [0.25, 0.3) is 0 Å². The highest BCUT2D eigenvalue weighted by Gasteiger charge is 2.14. The topological polar surface area (TPSA) is 30.7 Å². The molecule has 1 heterocycles. The van der Waals surface area contributed by atoms with E-state index in [2.05, 4.69) is 93.6 Å². The summed E-state index contributed by atoms with van der Waals surface area (Å²) in [5, 5.41) is 9.99. The Labute approximate surface area is 170 Å². The number of thioether (sulfide) groups is 1. The molecule has 4 rings (SSSR count). The average molecular weight is 386 g/mol. The normalized spacial score (nSPS) is 10.9. The number of hydrogen-bond acceptors (Lipinski definition) is 3. The van der Waals surface area contributed by atoms with Gasteiger partial charge in [-0.25, -0.2) is 0 Å². The van der Waals surface area contributed by atoms with Crippen LogP contribution in [0.5, 0.6) is 0 Å². The molecule has 4 heteroatoms. The molecule has 0 bridgehead atoms. The van der Waals surface area contributed by atoms with Crippen LogP contribution in [0.25, 0.3) is 5.69 Å². The van der Waals surface area contributed by atoms with E-state index < -0.39 is 0 Å². The highest BCUT2D eigenvalue weighted by Crippen LogP contribution is 2.24. The van der Waals surface area contributed by atoms with Gasteiger partial charge in [0, 0.05) is 17.9 Å². The van der Waals surface area contributed by atoms with Crippen LogP contribution in [0.2, 0.25) is 0 Å². The molecule has 0 aliphatic rings. The third-order valence-corrected chi connectivity index (χ3v) is 5.62. The Kier molecular flexibility index (Phi) is 6.20. The van der Waals surface area contributed by atoms with Crippen molar-refractivity contribution in [1.82, 2.24) is 14.8 Å². The van der Waals surface area contributed by atoms with E-state index in [0.29, 0.717) is 0 Å². The zero-order chi connectivity index (χ0) is 19.0. The highest BCUT2D eigenvalue weighted by molar-refractivity contribution is 7.99. The summed E-state index contributed by atoms with van der Waals surface area (Å²) in [6.07, 6.45) is 2.97. The van der Waals surface area contributed by atoms with Crippen molar-refractivity contribution in [2.45, 2.75) is 24.4 Å². The number of nitrogens with zero attached hydrogens (tertiary/aromatic N) is 3. The first-order valence-corrected chi connectivity index (χ1v) is 10.6. The van der Waals surface area contributed by atoms with Crippen LogP contribution in [-0.4, -0.2) is 20.5 Å². The van der Waals surface area contributed by atoms with E-state index in [9.17, 15) is 0 Å². The number of hydrogen-bond donors (Lipinski definition) is 0. The molecule has 4 aromatic rings. The van der Waals surface area contributed by atoms with Crippen LogP contribution in [0, 0.1) is 0 Å². The van der Waals surface area contributed by atoms with Gasteiger partial charge >= 0.3 is 0 Å². The van der Waals surface area contributed by atoms with Gasteiger partial charge in [0.15, 0.2) is 5.16 Å². The van der Waals surface area contributed by atoms with Crippen LogP contribution < -0.4 is 0 Å². The maximum atomic E-state index is 4.52. The van der Waals surface area contributed by atoms with E-state index in [1.54, 1.807) is 11.8 Å². The average Bonchev–Trinajstić information content (AvgIpc) is 3.15. The van der Waals surface area contributed by atoms with Gasteiger partial charge in [0.05, 0.1) is 0 Å². The number of para-hydroxylation sites is 1. The minimum atomic E-state index is 0.771. The Morgan fingerprint density at radius 3 is 1.96 bits per heavy atom. The largest absolute Gasteiger partial charge is 0.274 e. The van der Waals surface area contributed by atoms with Crippen molar-refractivity contribution in [3.63, 3.8) is 0 Å². The lowest BCUT2D eigenvalue weighted by molar-refractivity contribution is 0.843. The van der Waals surface area contributed by atoms with E-state index in [0.717, 1.165) is 41.7 Å². The molecule has 3 nitrogen and oxygen atoms in total. The molecule has 0 saturated heterocycles. The molecule has 1 aromatic heterocycles. The van der Waals surface area contributed by atoms with Crippen molar-refractivity contribution in [3.8, 4) is 5.69 Å². The Hall–Kier alpha value is -2.85. The van der Waals surface area contributed by atoms with Crippen molar-refractivity contribution in [3.05, 3.63) is 108 Å². The maximum Gasteiger partial charge on any atom is 0.195 e. The summed E-state index contributed by atoms with van der Waals surface area (Å²) in [7, 11) is 0. The first kappa shape index (κ1) is 18.5. The molecule has 0 aliphatic heterocycles. The second-order valence-electron chi connectivity index (χ2n) is 6.67. The Balaban J connectivity index is 1.50. The van der Waals surface area contributed by atoms with E-state index in [1.165, 1.54) is 11.1 Å². The lowest BCUT2D eigenvalue weighted by Gasteiger charge is -2.10. The quantitative estimate of drug-likeness (QED) is 0.293. The molecule has 0 saturated carbocycles. The Morgan fingerprint density at radius 2 is 1.29 bits per heavy atom. The summed E-state index contributed by atoms with van der Waals surface area (Å²) in [6.45, 7) is 0. The summed E-state index contributed by atoms with van der Waals surface area (Å²) in [6, 6.07) is 31.5. The van der Waals surface area contributed by atoms with Gasteiger partial charge < -0.3 is 0 Å². The van der Waals surface area contributed by atoms with Crippen molar-refractivity contribution in [1.29, 1.82) is 0 Å². The molecule has 0 fully saturated rings. The van der Waals surface area contributed by atoms with Gasteiger partial charge in [0.2, 0.25) is 0 Å². The SMILES string of the molecule is c1ccc(CCCSc2nnc(Cc3ccccc3)n2-c2ccccc2)cc1. The van der Waals surface area contributed by atoms with Crippen LogP contribution in [0.1, 0.15) is 23.4 Å². The molecule has 0 atom stereocenters. The second-order valence-corrected chi connectivity index (χ2v) is 7.73. The van der Waals surface area contributed by atoms with Crippen molar-refractivity contribution in [2.75, 3.05) is 5.75 Å². The van der Waals surface area contributed by atoms with Crippen LogP contribution in [0.15, 0.2) is 96.2 Å². The molecular weight excluding hydrogens is 362 g/mol. The summed E-state index contributed by atoms with van der Waals surface area (Å²) >= 11 is 1.78. The third-order valence-electron chi connectivity index (χ3n) is 4.60. The first-order valence-electron chi connectivity index (χ1n) is 9.60. The van der Waals surface area contributed by atoms with Gasteiger partial charge in [0.1, 0.15) is 5.82 Å². The molecule has 0 N–H and O–H groups in total. The molecule has 0 unspecified atom stereocenters. The smallest absolute Gasteiger partial charge is 0.195 e. The molecule has 0 radical (unpaired) electrons. The minimum Gasteiger partial charge on any atom is -0.274 e. The van der Waals surface area contributed by atoms with Crippen LogP contribution in [0.4, 0.5) is 0 Å². The predicted molar refractivity (Wildman–Crippen MR) is 116 cm³/mol. The Morgan fingerprint density at radius 1 is 0.679 bits per heavy atom. The van der Waals surface area contributed by atoms with E-state index in [4.69, 9.17) is 0 Å². The fraction of sp³-hybridized carbons (Fsp3) is 0.167. The van der Waals surface area contributed by atoms with Crippen LogP contribution in [0.3, 0.4) is 0 Å². The molecule has 3 aromatic carbocycles. The maximum absolute atomic E-state index is 4.52. The van der Waals surface area contributed by atoms with Crippen molar-refractivity contribution < 1.29 is 0 Å². The Bertz CT molecular complexity index is 982. The minimum absolute atomic E-state index is 0.771. The van der Waals surface area contributed by atoms with Gasteiger partial charge in [-0.15, -0.1) is 10.2 Å². The van der Waals surface area contributed by atoms with E-state index in [1.807, 2.05) is 12.1 Å². The van der Waals surface area contributed by atoms with Gasteiger partial charge in [-0.1, -0.05) is 90.6 Å². The fourth-order valence-corrected chi connectivity index (χ4v) is 4.12. The molecule has 28 heavy (non-hydrogen) atoms. The molecule has 0 amide bonds. The van der Waals surface area contributed by atoms with E-state index >= 15 is 0 Å². The first-order chi connectivity index (χ1) is 13.9. The summed E-state index contributed by atoms with van der Waals surface area (Å²) in [5.74, 6) is 1.99. The monoisotopic (exact) mass is 385 g/mol. The number of aryl methyl sites for hydroxylation is 1. The number of benzene rings is 3. The lowest BCUT2D eigenvalue weighted by Crippen LogP contribution is -2.04. The summed E-state index contributed by atoms with van der Waals surface area (Å²) in [4.78, 5) is 0. The zero-order valence-electron chi connectivity index (χ0n) is 15.7. The second kappa shape index (κ2) is 9.38. The molecule has 0 spiro atoms. The molecular formula is C24H23N3S. The lowest BCUT2D eigenvalue weighted by atomic mass is 10.1. The van der Waals surface area contributed by atoms with Gasteiger partial charge in [-0.2, -0.15) is 0 Å². The van der Waals surface area contributed by atoms with Crippen LogP contribution >= 0.6 is 11.8 Å². The summed E-state index contributed by atoms with van der Waals surface area (Å²) in [5.41, 5.74) is 3.74. The van der Waals surface area contributed by atoms with Gasteiger partial charge in [-0.05, 0) is 36.1 Å². The summed E-state index contributed by atoms with van der Waals surface area (Å²) < 4.78 is 2.19. The number of aromatic nitrogens is 3. The standard InChI is InChI=1S/C24H23N3S/c1-4-11-20(12-5-1)15-10-18-28-24-26-25-23(19-21-13-6-2-7-14-21)27(24)22-16-8-3-9-17-22/h1-9,11-14,16-17H,10,15,18-19H2. The third kappa shape index (κ3) is 4.70. The number of rotatable bonds is 8. The van der Waals surface area contributed by atoms with E-state index in [-0.39, 0.29) is 0 Å².